The van der Waals surface area contributed by atoms with Crippen LogP contribution in [0.15, 0.2) is 18.5 Å². The van der Waals surface area contributed by atoms with Crippen LogP contribution < -0.4 is 5.32 Å². The summed E-state index contributed by atoms with van der Waals surface area (Å²) in [6.07, 6.45) is 3.17. The number of aliphatic hydroxyl groups excluding tert-OH is 1. The molecule has 90 valence electrons. The van der Waals surface area contributed by atoms with Gasteiger partial charge in [0.05, 0.1) is 6.10 Å². The molecule has 1 atom stereocenters. The molecule has 0 saturated heterocycles. The molecule has 1 amide bonds. The van der Waals surface area contributed by atoms with Gasteiger partial charge < -0.3 is 15.0 Å². The molecule has 0 radical (unpaired) electrons. The number of aromatic nitrogens is 1. The largest absolute Gasteiger partial charge is 0.388 e. The standard InChI is InChI=1S/C12H20N2O2/c1-4-13-11(15)8-14-6-5-10(7-14)12(16)9(2)3/h5-7,9,12,16H,4,8H2,1-3H3,(H,13,15). The van der Waals surface area contributed by atoms with Gasteiger partial charge in [0, 0.05) is 18.9 Å². The third-order valence-corrected chi connectivity index (χ3v) is 2.45. The Morgan fingerprint density at radius 2 is 2.25 bits per heavy atom. The van der Waals surface area contributed by atoms with Crippen LogP contribution in [0.5, 0.6) is 0 Å². The molecule has 0 aliphatic carbocycles. The van der Waals surface area contributed by atoms with Crippen LogP contribution in [0, 0.1) is 5.92 Å². The zero-order valence-corrected chi connectivity index (χ0v) is 10.1. The molecule has 1 aromatic rings. The Labute approximate surface area is 96.3 Å². The number of likely N-dealkylation sites (N-methyl/N-ethyl adjacent to an activating group) is 1. The quantitative estimate of drug-likeness (QED) is 0.792. The van der Waals surface area contributed by atoms with Crippen LogP contribution in [0.3, 0.4) is 0 Å². The summed E-state index contributed by atoms with van der Waals surface area (Å²) in [5.41, 5.74) is 0.860. The summed E-state index contributed by atoms with van der Waals surface area (Å²) in [6.45, 7) is 6.76. The first kappa shape index (κ1) is 12.8. The highest BCUT2D eigenvalue weighted by Crippen LogP contribution is 2.21. The van der Waals surface area contributed by atoms with Gasteiger partial charge in [-0.1, -0.05) is 13.8 Å². The van der Waals surface area contributed by atoms with Crippen LogP contribution in [0.1, 0.15) is 32.4 Å². The number of aliphatic hydroxyl groups is 1. The Morgan fingerprint density at radius 1 is 1.56 bits per heavy atom. The number of hydrogen-bond donors (Lipinski definition) is 2. The molecule has 4 heteroatoms. The average molecular weight is 224 g/mol. The smallest absolute Gasteiger partial charge is 0.239 e. The summed E-state index contributed by atoms with van der Waals surface area (Å²) in [5.74, 6) is 0.170. The zero-order chi connectivity index (χ0) is 12.1. The average Bonchev–Trinajstić information content (AvgIpc) is 2.65. The van der Waals surface area contributed by atoms with Gasteiger partial charge in [-0.3, -0.25) is 4.79 Å². The zero-order valence-electron chi connectivity index (χ0n) is 10.1. The number of carbonyl (C=O) groups excluding carboxylic acids is 1. The lowest BCUT2D eigenvalue weighted by atomic mass is 10.0. The topological polar surface area (TPSA) is 54.3 Å². The lowest BCUT2D eigenvalue weighted by molar-refractivity contribution is -0.121. The van der Waals surface area contributed by atoms with Crippen molar-refractivity contribution >= 4 is 5.91 Å². The highest BCUT2D eigenvalue weighted by molar-refractivity contribution is 5.75. The molecule has 0 saturated carbocycles. The van der Waals surface area contributed by atoms with E-state index in [1.165, 1.54) is 0 Å². The third kappa shape index (κ3) is 3.38. The predicted octanol–water partition coefficient (Wildman–Crippen LogP) is 1.31. The summed E-state index contributed by atoms with van der Waals surface area (Å²) >= 11 is 0. The number of nitrogens with zero attached hydrogens (tertiary/aromatic N) is 1. The van der Waals surface area contributed by atoms with E-state index in [0.717, 1.165) is 5.56 Å². The molecule has 2 N–H and O–H groups in total. The first-order valence-corrected chi connectivity index (χ1v) is 5.65. The molecule has 4 nitrogen and oxygen atoms in total. The van der Waals surface area contributed by atoms with E-state index in [1.807, 2.05) is 39.2 Å². The van der Waals surface area contributed by atoms with Gasteiger partial charge in [-0.2, -0.15) is 0 Å². The van der Waals surface area contributed by atoms with Crippen LogP contribution in [0.25, 0.3) is 0 Å². The second-order valence-electron chi connectivity index (χ2n) is 4.26. The van der Waals surface area contributed by atoms with E-state index in [-0.39, 0.29) is 11.8 Å². The molecule has 1 unspecified atom stereocenters. The van der Waals surface area contributed by atoms with Gasteiger partial charge >= 0.3 is 0 Å². The van der Waals surface area contributed by atoms with Gasteiger partial charge in [-0.15, -0.1) is 0 Å². The summed E-state index contributed by atoms with van der Waals surface area (Å²) in [4.78, 5) is 11.3. The maximum Gasteiger partial charge on any atom is 0.239 e. The predicted molar refractivity (Wildman–Crippen MR) is 62.9 cm³/mol. The summed E-state index contributed by atoms with van der Waals surface area (Å²) in [5, 5.41) is 12.6. The van der Waals surface area contributed by atoms with Crippen molar-refractivity contribution in [2.45, 2.75) is 33.4 Å². The number of nitrogens with one attached hydrogen (secondary N) is 1. The van der Waals surface area contributed by atoms with Gasteiger partial charge in [0.25, 0.3) is 0 Å². The second-order valence-corrected chi connectivity index (χ2v) is 4.26. The lowest BCUT2D eigenvalue weighted by Crippen LogP contribution is -2.26. The van der Waals surface area contributed by atoms with Gasteiger partial charge in [0.15, 0.2) is 0 Å². The molecule has 0 aliphatic rings. The van der Waals surface area contributed by atoms with E-state index in [1.54, 1.807) is 4.57 Å². The summed E-state index contributed by atoms with van der Waals surface area (Å²) in [7, 11) is 0. The van der Waals surface area contributed by atoms with Gasteiger partial charge in [-0.05, 0) is 24.5 Å². The fraction of sp³-hybridized carbons (Fsp3) is 0.583. The van der Waals surface area contributed by atoms with Crippen molar-refractivity contribution < 1.29 is 9.90 Å². The van der Waals surface area contributed by atoms with E-state index in [4.69, 9.17) is 0 Å². The maximum absolute atomic E-state index is 11.3. The number of hydrogen-bond acceptors (Lipinski definition) is 2. The highest BCUT2D eigenvalue weighted by atomic mass is 16.3. The monoisotopic (exact) mass is 224 g/mol. The Morgan fingerprint density at radius 3 is 2.81 bits per heavy atom. The van der Waals surface area contributed by atoms with E-state index in [0.29, 0.717) is 13.1 Å². The molecular formula is C12H20N2O2. The van der Waals surface area contributed by atoms with Crippen molar-refractivity contribution in [2.75, 3.05) is 6.54 Å². The summed E-state index contributed by atoms with van der Waals surface area (Å²) < 4.78 is 1.78. The molecule has 0 aliphatic heterocycles. The first-order chi connectivity index (χ1) is 7.54. The minimum Gasteiger partial charge on any atom is -0.388 e. The third-order valence-electron chi connectivity index (χ3n) is 2.45. The molecule has 1 rings (SSSR count). The van der Waals surface area contributed by atoms with Crippen molar-refractivity contribution in [2.24, 2.45) is 5.92 Å². The minimum absolute atomic E-state index is 0.0105. The Hall–Kier alpha value is -1.29. The summed E-state index contributed by atoms with van der Waals surface area (Å²) in [6, 6.07) is 1.85. The normalized spacial score (nSPS) is 12.8. The van der Waals surface area contributed by atoms with Gasteiger partial charge in [0.1, 0.15) is 6.54 Å². The first-order valence-electron chi connectivity index (χ1n) is 5.65. The molecule has 1 aromatic heterocycles. The van der Waals surface area contributed by atoms with E-state index >= 15 is 0 Å². The Bertz CT molecular complexity index is 345. The van der Waals surface area contributed by atoms with Crippen molar-refractivity contribution in [3.8, 4) is 0 Å². The lowest BCUT2D eigenvalue weighted by Gasteiger charge is -2.12. The van der Waals surface area contributed by atoms with E-state index in [2.05, 4.69) is 5.32 Å². The minimum atomic E-state index is -0.463. The Balaban J connectivity index is 2.61. The van der Waals surface area contributed by atoms with Crippen molar-refractivity contribution in [3.63, 3.8) is 0 Å². The van der Waals surface area contributed by atoms with Gasteiger partial charge in [-0.25, -0.2) is 0 Å². The van der Waals surface area contributed by atoms with Crippen molar-refractivity contribution in [3.05, 3.63) is 24.0 Å². The molecule has 1 heterocycles. The number of rotatable bonds is 5. The highest BCUT2D eigenvalue weighted by Gasteiger charge is 2.13. The molecule has 0 aromatic carbocycles. The van der Waals surface area contributed by atoms with Crippen LogP contribution in [0.4, 0.5) is 0 Å². The molecule has 0 spiro atoms. The molecular weight excluding hydrogens is 204 g/mol. The fourth-order valence-electron chi connectivity index (χ4n) is 1.54. The second kappa shape index (κ2) is 5.70. The van der Waals surface area contributed by atoms with Crippen LogP contribution in [-0.4, -0.2) is 22.1 Å². The van der Waals surface area contributed by atoms with Crippen molar-refractivity contribution in [1.82, 2.24) is 9.88 Å². The fourth-order valence-corrected chi connectivity index (χ4v) is 1.54. The SMILES string of the molecule is CCNC(=O)Cn1ccc(C(O)C(C)C)c1. The maximum atomic E-state index is 11.3. The number of carbonyl (C=O) groups is 1. The van der Waals surface area contributed by atoms with Gasteiger partial charge in [0.2, 0.25) is 5.91 Å². The molecule has 0 fully saturated rings. The molecule has 0 bridgehead atoms. The Kier molecular flexibility index (Phi) is 4.55. The van der Waals surface area contributed by atoms with E-state index < -0.39 is 6.10 Å². The van der Waals surface area contributed by atoms with E-state index in [9.17, 15) is 9.90 Å². The molecule has 16 heavy (non-hydrogen) atoms. The van der Waals surface area contributed by atoms with Crippen LogP contribution >= 0.6 is 0 Å². The number of amides is 1. The van der Waals surface area contributed by atoms with Crippen molar-refractivity contribution in [1.29, 1.82) is 0 Å². The van der Waals surface area contributed by atoms with Crippen LogP contribution in [0.2, 0.25) is 0 Å². The van der Waals surface area contributed by atoms with Crippen LogP contribution in [-0.2, 0) is 11.3 Å².